The summed E-state index contributed by atoms with van der Waals surface area (Å²) in [5, 5.41) is 0. The molecule has 0 bridgehead atoms. The van der Waals surface area contributed by atoms with E-state index in [1.165, 1.54) is 22.3 Å². The van der Waals surface area contributed by atoms with Gasteiger partial charge in [-0.05, 0) is 61.7 Å². The molecular weight excluding hydrogens is 246 g/mol. The van der Waals surface area contributed by atoms with Crippen LogP contribution in [0.4, 0.5) is 0 Å². The molecule has 20 heavy (non-hydrogen) atoms. The van der Waals surface area contributed by atoms with E-state index >= 15 is 0 Å². The summed E-state index contributed by atoms with van der Waals surface area (Å²) in [5.41, 5.74) is 10.7. The third-order valence-corrected chi connectivity index (χ3v) is 3.60. The Morgan fingerprint density at radius 2 is 1.80 bits per heavy atom. The maximum absolute atomic E-state index is 6.14. The molecule has 0 saturated carbocycles. The highest BCUT2D eigenvalue weighted by molar-refractivity contribution is 5.33. The van der Waals surface area contributed by atoms with Crippen molar-refractivity contribution in [2.75, 3.05) is 6.54 Å². The van der Waals surface area contributed by atoms with Gasteiger partial charge in [0.2, 0.25) is 0 Å². The van der Waals surface area contributed by atoms with Crippen molar-refractivity contribution in [2.45, 2.75) is 33.3 Å². The van der Waals surface area contributed by atoms with Crippen LogP contribution in [0.25, 0.3) is 0 Å². The van der Waals surface area contributed by atoms with Crippen LogP contribution in [-0.4, -0.2) is 6.54 Å². The molecule has 0 aliphatic rings. The molecule has 2 aromatic rings. The van der Waals surface area contributed by atoms with E-state index in [9.17, 15) is 0 Å². The first-order chi connectivity index (χ1) is 9.60. The second-order valence-corrected chi connectivity index (χ2v) is 5.34. The number of ether oxygens (including phenoxy) is 1. The molecule has 2 nitrogen and oxygen atoms in total. The van der Waals surface area contributed by atoms with Crippen molar-refractivity contribution in [1.29, 1.82) is 0 Å². The van der Waals surface area contributed by atoms with E-state index in [1.807, 2.05) is 12.1 Å². The van der Waals surface area contributed by atoms with E-state index in [0.717, 1.165) is 12.2 Å². The minimum Gasteiger partial charge on any atom is -0.486 e. The number of rotatable bonds is 5. The SMILES string of the molecule is Cc1cccc(OC(CCN)c2ccc(C)c(C)c2)c1. The summed E-state index contributed by atoms with van der Waals surface area (Å²) >= 11 is 0. The fourth-order valence-electron chi connectivity index (χ4n) is 2.26. The zero-order chi connectivity index (χ0) is 14.5. The lowest BCUT2D eigenvalue weighted by atomic mass is 10.0. The van der Waals surface area contributed by atoms with Gasteiger partial charge < -0.3 is 10.5 Å². The topological polar surface area (TPSA) is 35.2 Å². The summed E-state index contributed by atoms with van der Waals surface area (Å²) in [7, 11) is 0. The number of hydrogen-bond donors (Lipinski definition) is 1. The van der Waals surface area contributed by atoms with Crippen LogP contribution in [-0.2, 0) is 0 Å². The largest absolute Gasteiger partial charge is 0.486 e. The van der Waals surface area contributed by atoms with Crippen LogP contribution >= 0.6 is 0 Å². The maximum Gasteiger partial charge on any atom is 0.125 e. The first-order valence-corrected chi connectivity index (χ1v) is 7.10. The van der Waals surface area contributed by atoms with E-state index in [1.54, 1.807) is 0 Å². The molecule has 1 atom stereocenters. The summed E-state index contributed by atoms with van der Waals surface area (Å²) < 4.78 is 6.14. The van der Waals surface area contributed by atoms with Crippen molar-refractivity contribution < 1.29 is 4.74 Å². The zero-order valence-corrected chi connectivity index (χ0v) is 12.5. The van der Waals surface area contributed by atoms with Gasteiger partial charge in [0.25, 0.3) is 0 Å². The van der Waals surface area contributed by atoms with Crippen molar-refractivity contribution in [3.63, 3.8) is 0 Å². The molecule has 0 aliphatic heterocycles. The Morgan fingerprint density at radius 1 is 1.00 bits per heavy atom. The summed E-state index contributed by atoms with van der Waals surface area (Å²) in [6.07, 6.45) is 0.831. The molecule has 2 N–H and O–H groups in total. The fourth-order valence-corrected chi connectivity index (χ4v) is 2.26. The summed E-state index contributed by atoms with van der Waals surface area (Å²) in [5.74, 6) is 0.904. The Bertz CT molecular complexity index is 577. The molecule has 0 amide bonds. The lowest BCUT2D eigenvalue weighted by Crippen LogP contribution is -2.13. The van der Waals surface area contributed by atoms with Gasteiger partial charge >= 0.3 is 0 Å². The van der Waals surface area contributed by atoms with Crippen LogP contribution < -0.4 is 10.5 Å². The molecule has 2 rings (SSSR count). The maximum atomic E-state index is 6.14. The van der Waals surface area contributed by atoms with Crippen LogP contribution in [0.3, 0.4) is 0 Å². The molecule has 0 heterocycles. The predicted molar refractivity (Wildman–Crippen MR) is 84.1 cm³/mol. The molecule has 0 saturated heterocycles. The Balaban J connectivity index is 2.24. The van der Waals surface area contributed by atoms with Crippen LogP contribution in [0.2, 0.25) is 0 Å². The average molecular weight is 269 g/mol. The van der Waals surface area contributed by atoms with Gasteiger partial charge in [-0.2, -0.15) is 0 Å². The van der Waals surface area contributed by atoms with Gasteiger partial charge in [-0.1, -0.05) is 30.3 Å². The van der Waals surface area contributed by atoms with Crippen LogP contribution in [0.1, 0.15) is 34.8 Å². The van der Waals surface area contributed by atoms with E-state index in [2.05, 4.69) is 51.1 Å². The third kappa shape index (κ3) is 3.61. The van der Waals surface area contributed by atoms with Gasteiger partial charge in [0.05, 0.1) is 0 Å². The molecule has 0 fully saturated rings. The molecule has 106 valence electrons. The minimum absolute atomic E-state index is 0.0149. The highest BCUT2D eigenvalue weighted by atomic mass is 16.5. The third-order valence-electron chi connectivity index (χ3n) is 3.60. The number of nitrogens with two attached hydrogens (primary N) is 1. The second-order valence-electron chi connectivity index (χ2n) is 5.34. The van der Waals surface area contributed by atoms with Gasteiger partial charge in [-0.25, -0.2) is 0 Å². The van der Waals surface area contributed by atoms with E-state index < -0.39 is 0 Å². The zero-order valence-electron chi connectivity index (χ0n) is 12.5. The Hall–Kier alpha value is -1.80. The summed E-state index contributed by atoms with van der Waals surface area (Å²) in [4.78, 5) is 0. The van der Waals surface area contributed by atoms with E-state index in [0.29, 0.717) is 6.54 Å². The van der Waals surface area contributed by atoms with Crippen molar-refractivity contribution in [2.24, 2.45) is 5.73 Å². The van der Waals surface area contributed by atoms with Crippen molar-refractivity contribution in [3.05, 3.63) is 64.7 Å². The molecule has 0 aromatic heterocycles. The molecule has 0 radical (unpaired) electrons. The van der Waals surface area contributed by atoms with Crippen LogP contribution in [0.5, 0.6) is 5.75 Å². The summed E-state index contributed by atoms with van der Waals surface area (Å²) in [6, 6.07) is 14.6. The van der Waals surface area contributed by atoms with Crippen molar-refractivity contribution in [1.82, 2.24) is 0 Å². The smallest absolute Gasteiger partial charge is 0.125 e. The second kappa shape index (κ2) is 6.58. The molecule has 2 aromatic carbocycles. The average Bonchev–Trinajstić information content (AvgIpc) is 2.41. The molecule has 2 heteroatoms. The van der Waals surface area contributed by atoms with Crippen molar-refractivity contribution in [3.8, 4) is 5.75 Å². The van der Waals surface area contributed by atoms with E-state index in [-0.39, 0.29) is 6.10 Å². The molecule has 0 spiro atoms. The van der Waals surface area contributed by atoms with Crippen molar-refractivity contribution >= 4 is 0 Å². The van der Waals surface area contributed by atoms with Crippen LogP contribution in [0, 0.1) is 20.8 Å². The molecule has 0 aliphatic carbocycles. The Labute approximate surface area is 121 Å². The number of benzene rings is 2. The molecule has 1 unspecified atom stereocenters. The fraction of sp³-hybridized carbons (Fsp3) is 0.333. The Kier molecular flexibility index (Phi) is 4.80. The lowest BCUT2D eigenvalue weighted by molar-refractivity contribution is 0.197. The van der Waals surface area contributed by atoms with Gasteiger partial charge in [-0.3, -0.25) is 0 Å². The van der Waals surface area contributed by atoms with Gasteiger partial charge in [0.1, 0.15) is 11.9 Å². The first kappa shape index (κ1) is 14.6. The molecular formula is C18H23NO. The number of aryl methyl sites for hydroxylation is 3. The van der Waals surface area contributed by atoms with Crippen LogP contribution in [0.15, 0.2) is 42.5 Å². The lowest BCUT2D eigenvalue weighted by Gasteiger charge is -2.20. The first-order valence-electron chi connectivity index (χ1n) is 7.10. The number of hydrogen-bond acceptors (Lipinski definition) is 2. The quantitative estimate of drug-likeness (QED) is 0.887. The standard InChI is InChI=1S/C18H23NO/c1-13-5-4-6-17(11-13)20-18(9-10-19)16-8-7-14(2)15(3)12-16/h4-8,11-12,18H,9-10,19H2,1-3H3. The summed E-state index contributed by atoms with van der Waals surface area (Å²) in [6.45, 7) is 6.94. The van der Waals surface area contributed by atoms with Gasteiger partial charge in [-0.15, -0.1) is 0 Å². The van der Waals surface area contributed by atoms with Gasteiger partial charge in [0, 0.05) is 6.42 Å². The normalized spacial score (nSPS) is 12.2. The minimum atomic E-state index is 0.0149. The highest BCUT2D eigenvalue weighted by Gasteiger charge is 2.13. The monoisotopic (exact) mass is 269 g/mol. The van der Waals surface area contributed by atoms with Gasteiger partial charge in [0.15, 0.2) is 0 Å². The Morgan fingerprint density at radius 3 is 2.45 bits per heavy atom. The predicted octanol–water partition coefficient (Wildman–Crippen LogP) is 4.08. The van der Waals surface area contributed by atoms with E-state index in [4.69, 9.17) is 10.5 Å². The highest BCUT2D eigenvalue weighted by Crippen LogP contribution is 2.26.